The number of carboxylic acids is 1. The van der Waals surface area contributed by atoms with Crippen molar-refractivity contribution in [2.75, 3.05) is 53.5 Å². The first-order valence-electron chi connectivity index (χ1n) is 20.1. The molecular weight excluding hydrogens is 845 g/mol. The van der Waals surface area contributed by atoms with Crippen LogP contribution in [0.15, 0.2) is 104 Å². The molecule has 4 aromatic carbocycles. The minimum atomic E-state index is -1.44. The van der Waals surface area contributed by atoms with Crippen LogP contribution in [0.2, 0.25) is 5.02 Å². The lowest BCUT2D eigenvalue weighted by Crippen LogP contribution is -2.45. The fourth-order valence-electron chi connectivity index (χ4n) is 7.31. The van der Waals surface area contributed by atoms with Crippen molar-refractivity contribution in [3.63, 3.8) is 0 Å². The van der Waals surface area contributed by atoms with Crippen molar-refractivity contribution in [2.45, 2.75) is 19.1 Å². The highest BCUT2D eigenvalue weighted by Crippen LogP contribution is 2.49. The topological polar surface area (TPSA) is 156 Å². The van der Waals surface area contributed by atoms with Crippen molar-refractivity contribution >= 4 is 39.1 Å². The molecule has 0 unspecified atom stereocenters. The van der Waals surface area contributed by atoms with Crippen LogP contribution in [0.4, 0.5) is 4.39 Å². The van der Waals surface area contributed by atoms with Crippen LogP contribution in [0.5, 0.6) is 23.1 Å². The van der Waals surface area contributed by atoms with E-state index in [0.29, 0.717) is 79.3 Å². The molecule has 8 rings (SSSR count). The molecule has 13 nitrogen and oxygen atoms in total. The van der Waals surface area contributed by atoms with Crippen LogP contribution in [0, 0.1) is 17.1 Å². The highest BCUT2D eigenvalue weighted by Gasteiger charge is 2.29. The van der Waals surface area contributed by atoms with Crippen molar-refractivity contribution in [2.24, 2.45) is 0 Å². The van der Waals surface area contributed by atoms with Crippen molar-refractivity contribution in [1.29, 1.82) is 5.26 Å². The number of aromatic nitrogens is 4. The van der Waals surface area contributed by atoms with Gasteiger partial charge < -0.3 is 29.0 Å². The number of methoxy groups -OCH3 is 1. The summed E-state index contributed by atoms with van der Waals surface area (Å²) in [5.74, 6) is 0.194. The highest BCUT2D eigenvalue weighted by atomic mass is 35.5. The van der Waals surface area contributed by atoms with Gasteiger partial charge in [-0.1, -0.05) is 54.1 Å². The van der Waals surface area contributed by atoms with Crippen LogP contribution in [0.3, 0.4) is 0 Å². The van der Waals surface area contributed by atoms with Crippen LogP contribution in [-0.2, 0) is 17.8 Å². The Morgan fingerprint density at radius 1 is 0.921 bits per heavy atom. The van der Waals surface area contributed by atoms with Crippen LogP contribution in [0.1, 0.15) is 16.8 Å². The van der Waals surface area contributed by atoms with Crippen molar-refractivity contribution in [3.8, 4) is 62.2 Å². The van der Waals surface area contributed by atoms with Gasteiger partial charge in [0, 0.05) is 61.3 Å². The Kier molecular flexibility index (Phi) is 13.3. The zero-order valence-corrected chi connectivity index (χ0v) is 35.9. The van der Waals surface area contributed by atoms with E-state index in [2.05, 4.69) is 42.9 Å². The maximum absolute atomic E-state index is 14.2. The second kappa shape index (κ2) is 19.6. The fourth-order valence-corrected chi connectivity index (χ4v) is 8.73. The highest BCUT2D eigenvalue weighted by molar-refractivity contribution is 7.22. The lowest BCUT2D eigenvalue weighted by Gasteiger charge is -2.32. The smallest absolute Gasteiger partial charge is 0.345 e. The zero-order valence-electron chi connectivity index (χ0n) is 34.3. The normalized spacial score (nSPS) is 13.6. The molecule has 320 valence electrons. The number of aliphatic carboxylic acids is 1. The number of piperazine rings is 1. The van der Waals surface area contributed by atoms with Gasteiger partial charge in [-0.25, -0.2) is 29.1 Å². The minimum absolute atomic E-state index is 0.0252. The maximum atomic E-state index is 14.2. The van der Waals surface area contributed by atoms with Gasteiger partial charge in [-0.2, -0.15) is 5.26 Å². The quantitative estimate of drug-likeness (QED) is 0.0988. The lowest BCUT2D eigenvalue weighted by atomic mass is 9.95. The van der Waals surface area contributed by atoms with Gasteiger partial charge >= 0.3 is 5.97 Å². The molecule has 1 atom stereocenters. The number of carboxylic acid groups (broad SMARTS) is 1. The van der Waals surface area contributed by atoms with Gasteiger partial charge in [0.25, 0.3) is 0 Å². The molecule has 7 aromatic rings. The molecule has 0 aliphatic carbocycles. The molecule has 16 heteroatoms. The summed E-state index contributed by atoms with van der Waals surface area (Å²) < 4.78 is 38.4. The molecule has 0 spiro atoms. The summed E-state index contributed by atoms with van der Waals surface area (Å²) in [5.41, 5.74) is 3.55. The molecule has 4 heterocycles. The summed E-state index contributed by atoms with van der Waals surface area (Å²) in [6.07, 6.45) is 1.38. The number of nitriles is 1. The first-order valence-corrected chi connectivity index (χ1v) is 21.3. The van der Waals surface area contributed by atoms with Gasteiger partial charge in [0.2, 0.25) is 12.0 Å². The van der Waals surface area contributed by atoms with Crippen LogP contribution >= 0.6 is 22.9 Å². The monoisotopic (exact) mass is 885 g/mol. The molecule has 1 aliphatic heterocycles. The van der Waals surface area contributed by atoms with Crippen LogP contribution in [-0.4, -0.2) is 100 Å². The SMILES string of the molecule is COc1ccccc1-c1nccc(COc2ccccc2C[C@@H](Oc2ncnc3sc(-c4ccc(F)cc4)c(-c4ccc(OCCN5CCN(C)CC5)c(Cl)c4C#N)c23)C(=O)O)n1. The molecule has 3 aromatic heterocycles. The number of thiophene rings is 1. The van der Waals surface area contributed by atoms with E-state index in [1.165, 1.54) is 29.8 Å². The minimum Gasteiger partial charge on any atom is -0.496 e. The van der Waals surface area contributed by atoms with E-state index in [-0.39, 0.29) is 29.5 Å². The van der Waals surface area contributed by atoms with E-state index in [4.69, 9.17) is 30.5 Å². The Labute approximate surface area is 371 Å². The number of hydrogen-bond donors (Lipinski definition) is 1. The Morgan fingerprint density at radius 2 is 1.68 bits per heavy atom. The molecule has 0 bridgehead atoms. The van der Waals surface area contributed by atoms with Gasteiger partial charge in [-0.05, 0) is 66.7 Å². The second-order valence-corrected chi connectivity index (χ2v) is 16.1. The number of nitrogens with zero attached hydrogens (tertiary/aromatic N) is 7. The summed E-state index contributed by atoms with van der Waals surface area (Å²) in [4.78, 5) is 36.8. The third-order valence-electron chi connectivity index (χ3n) is 10.7. The average molecular weight is 886 g/mol. The number of ether oxygens (including phenoxy) is 4. The van der Waals surface area contributed by atoms with Crippen molar-refractivity contribution in [3.05, 3.63) is 131 Å². The average Bonchev–Trinajstić information content (AvgIpc) is 3.70. The van der Waals surface area contributed by atoms with Gasteiger partial charge in [-0.3, -0.25) is 4.90 Å². The van der Waals surface area contributed by atoms with Crippen LogP contribution < -0.4 is 18.9 Å². The van der Waals surface area contributed by atoms with Crippen LogP contribution in [0.25, 0.3) is 43.2 Å². The second-order valence-electron chi connectivity index (χ2n) is 14.7. The Bertz CT molecular complexity index is 2800. The molecule has 1 N–H and O–H groups in total. The standard InChI is InChI=1S/C47H41ClFN7O6S/c1-55-19-21-56(22-20-55)23-24-60-38-16-15-33(35(26-50)42(38)48)40-41-45(52-28-53-46(41)63-43(40)29-11-13-31(49)14-12-29)62-39(47(57)58)25-30-7-3-5-9-36(30)61-27-32-17-18-51-44(54-32)34-8-4-6-10-37(34)59-2/h3-18,28,39H,19-25,27H2,1-2H3,(H,57,58)/t39-/m1/s1. The molecule has 63 heavy (non-hydrogen) atoms. The van der Waals surface area contributed by atoms with E-state index in [1.807, 2.05) is 24.3 Å². The van der Waals surface area contributed by atoms with E-state index in [9.17, 15) is 19.6 Å². The van der Waals surface area contributed by atoms with E-state index < -0.39 is 17.9 Å². The zero-order chi connectivity index (χ0) is 43.9. The number of halogens is 2. The first kappa shape index (κ1) is 43.0. The number of rotatable bonds is 16. The lowest BCUT2D eigenvalue weighted by molar-refractivity contribution is -0.145. The molecule has 0 radical (unpaired) electrons. The molecule has 1 aliphatic rings. The van der Waals surface area contributed by atoms with E-state index in [1.54, 1.807) is 67.9 Å². The molecule has 0 amide bonds. The van der Waals surface area contributed by atoms with Gasteiger partial charge in [-0.15, -0.1) is 11.3 Å². The van der Waals surface area contributed by atoms with E-state index in [0.717, 1.165) is 31.7 Å². The third-order valence-corrected chi connectivity index (χ3v) is 12.2. The maximum Gasteiger partial charge on any atom is 0.345 e. The van der Waals surface area contributed by atoms with Crippen molar-refractivity contribution in [1.82, 2.24) is 29.7 Å². The molecular formula is C47H41ClFN7O6S. The predicted octanol–water partition coefficient (Wildman–Crippen LogP) is 8.43. The van der Waals surface area contributed by atoms with Gasteiger partial charge in [0.1, 0.15) is 58.5 Å². The Balaban J connectivity index is 1.10. The predicted molar refractivity (Wildman–Crippen MR) is 238 cm³/mol. The number of para-hydroxylation sites is 2. The summed E-state index contributed by atoms with van der Waals surface area (Å²) in [7, 11) is 3.68. The van der Waals surface area contributed by atoms with E-state index >= 15 is 0 Å². The number of fused-ring (bicyclic) bond motifs is 1. The van der Waals surface area contributed by atoms with Gasteiger partial charge in [0.15, 0.2) is 5.82 Å². The number of hydrogen-bond acceptors (Lipinski definition) is 13. The summed E-state index contributed by atoms with van der Waals surface area (Å²) in [5, 5.41) is 21.7. The molecule has 1 fully saturated rings. The Morgan fingerprint density at radius 3 is 2.44 bits per heavy atom. The Hall–Kier alpha value is -6.70. The third kappa shape index (κ3) is 9.69. The largest absolute Gasteiger partial charge is 0.496 e. The van der Waals surface area contributed by atoms with Gasteiger partial charge in [0.05, 0.1) is 29.3 Å². The van der Waals surface area contributed by atoms with Crippen molar-refractivity contribution < 1.29 is 33.2 Å². The number of benzene rings is 4. The molecule has 0 saturated carbocycles. The summed E-state index contributed by atoms with van der Waals surface area (Å²) in [6.45, 7) is 4.95. The first-order chi connectivity index (χ1) is 30.7. The summed E-state index contributed by atoms with van der Waals surface area (Å²) in [6, 6.07) is 27.9. The number of likely N-dealkylation sites (N-methyl/N-ethyl adjacent to an activating group) is 1. The molecule has 1 saturated heterocycles. The summed E-state index contributed by atoms with van der Waals surface area (Å²) >= 11 is 8.22. The fraction of sp³-hybridized carbons (Fsp3) is 0.234. The number of carbonyl (C=O) groups is 1.